The van der Waals surface area contributed by atoms with Gasteiger partial charge in [0.1, 0.15) is 17.2 Å². The molecule has 6 nitrogen and oxygen atoms in total. The first-order chi connectivity index (χ1) is 12.5. The highest BCUT2D eigenvalue weighted by atomic mass is 79.9. The minimum absolute atomic E-state index is 0.158. The van der Waals surface area contributed by atoms with E-state index in [1.54, 1.807) is 18.2 Å². The molecule has 0 atom stereocenters. The maximum absolute atomic E-state index is 12.6. The molecule has 0 aromatic heterocycles. The zero-order valence-corrected chi connectivity index (χ0v) is 15.3. The number of hydrogen-bond donors (Lipinski definition) is 0. The van der Waals surface area contributed by atoms with Gasteiger partial charge < -0.3 is 18.9 Å². The molecule has 0 saturated carbocycles. The molecule has 132 valence electrons. The molecule has 0 saturated heterocycles. The van der Waals surface area contributed by atoms with E-state index >= 15 is 0 Å². The molecule has 0 amide bonds. The van der Waals surface area contributed by atoms with Crippen LogP contribution >= 0.6 is 15.9 Å². The highest BCUT2D eigenvalue weighted by molar-refractivity contribution is 9.10. The number of hydrogen-bond acceptors (Lipinski definition) is 6. The van der Waals surface area contributed by atoms with Gasteiger partial charge in [0.25, 0.3) is 0 Å². The average Bonchev–Trinajstić information content (AvgIpc) is 2.89. The van der Waals surface area contributed by atoms with Crippen molar-refractivity contribution in [3.63, 3.8) is 0 Å². The summed E-state index contributed by atoms with van der Waals surface area (Å²) >= 11 is 3.45. The molecule has 0 radical (unpaired) electrons. The second-order valence-electron chi connectivity index (χ2n) is 5.79. The Labute approximate surface area is 157 Å². The number of carbonyl (C=O) groups excluding carboxylic acids is 2. The highest BCUT2D eigenvalue weighted by Crippen LogP contribution is 2.38. The third-order valence-corrected chi connectivity index (χ3v) is 4.35. The van der Waals surface area contributed by atoms with Gasteiger partial charge in [-0.25, -0.2) is 0 Å². The van der Waals surface area contributed by atoms with E-state index in [-0.39, 0.29) is 18.3 Å². The third kappa shape index (κ3) is 3.11. The van der Waals surface area contributed by atoms with Gasteiger partial charge in [-0.1, -0.05) is 15.9 Å². The molecule has 2 aromatic carbocycles. The van der Waals surface area contributed by atoms with Gasteiger partial charge in [0.15, 0.2) is 12.6 Å². The summed E-state index contributed by atoms with van der Waals surface area (Å²) in [5.74, 6) is 0.842. The van der Waals surface area contributed by atoms with E-state index in [0.717, 1.165) is 10.0 Å². The van der Waals surface area contributed by atoms with Crippen LogP contribution in [0.15, 0.2) is 40.6 Å². The number of esters is 1. The first-order valence-electron chi connectivity index (χ1n) is 7.81. The molecular formula is C19H13BrO6. The van der Waals surface area contributed by atoms with Gasteiger partial charge in [-0.05, 0) is 30.3 Å². The Hall–Kier alpha value is -2.64. The third-order valence-electron chi connectivity index (χ3n) is 3.89. The summed E-state index contributed by atoms with van der Waals surface area (Å²) in [4.78, 5) is 23.7. The first kappa shape index (κ1) is 16.8. The molecule has 2 aromatic rings. The molecule has 0 fully saturated rings. The van der Waals surface area contributed by atoms with Gasteiger partial charge in [-0.2, -0.15) is 0 Å². The van der Waals surface area contributed by atoms with Crippen molar-refractivity contribution >= 4 is 33.8 Å². The molecule has 26 heavy (non-hydrogen) atoms. The monoisotopic (exact) mass is 416 g/mol. The van der Waals surface area contributed by atoms with Crippen LogP contribution < -0.4 is 14.2 Å². The molecule has 0 N–H and O–H groups in total. The molecule has 2 aliphatic rings. The molecule has 7 heteroatoms. The van der Waals surface area contributed by atoms with Crippen molar-refractivity contribution in [3.05, 3.63) is 57.3 Å². The van der Waals surface area contributed by atoms with Crippen LogP contribution in [0.2, 0.25) is 0 Å². The zero-order valence-electron chi connectivity index (χ0n) is 13.7. The summed E-state index contributed by atoms with van der Waals surface area (Å²) in [6, 6.07) is 8.43. The first-order valence-corrected chi connectivity index (χ1v) is 8.60. The lowest BCUT2D eigenvalue weighted by molar-refractivity contribution is -0.131. The van der Waals surface area contributed by atoms with Gasteiger partial charge in [-0.3, -0.25) is 9.59 Å². The predicted molar refractivity (Wildman–Crippen MR) is 95.1 cm³/mol. The molecular weight excluding hydrogens is 404 g/mol. The number of ether oxygens (including phenoxy) is 4. The van der Waals surface area contributed by atoms with Gasteiger partial charge >= 0.3 is 5.97 Å². The van der Waals surface area contributed by atoms with Crippen LogP contribution in [-0.4, -0.2) is 18.5 Å². The fourth-order valence-electron chi connectivity index (χ4n) is 2.85. The van der Waals surface area contributed by atoms with Crippen molar-refractivity contribution in [2.75, 3.05) is 6.79 Å². The maximum Gasteiger partial charge on any atom is 0.308 e. The Morgan fingerprint density at radius 1 is 1.27 bits per heavy atom. The molecule has 2 heterocycles. The van der Waals surface area contributed by atoms with Crippen LogP contribution in [-0.2, 0) is 16.1 Å². The summed E-state index contributed by atoms with van der Waals surface area (Å²) in [7, 11) is 0. The Bertz CT molecular complexity index is 963. The molecule has 2 aliphatic heterocycles. The van der Waals surface area contributed by atoms with Crippen LogP contribution in [0.25, 0.3) is 6.08 Å². The highest BCUT2D eigenvalue weighted by Gasteiger charge is 2.29. The lowest BCUT2D eigenvalue weighted by Crippen LogP contribution is -2.12. The Morgan fingerprint density at radius 2 is 2.12 bits per heavy atom. The van der Waals surface area contributed by atoms with Crippen LogP contribution in [0.1, 0.15) is 28.4 Å². The van der Waals surface area contributed by atoms with E-state index in [0.29, 0.717) is 35.0 Å². The van der Waals surface area contributed by atoms with Crippen LogP contribution in [0.4, 0.5) is 0 Å². The van der Waals surface area contributed by atoms with E-state index in [1.807, 2.05) is 12.1 Å². The number of Topliss-reactive ketones (excluding diaryl/α,β-unsaturated/α-hetero) is 1. The number of allylic oxidation sites excluding steroid dienone is 1. The van der Waals surface area contributed by atoms with Crippen LogP contribution in [0.5, 0.6) is 17.2 Å². The summed E-state index contributed by atoms with van der Waals surface area (Å²) in [6.07, 6.45) is 1.64. The van der Waals surface area contributed by atoms with E-state index in [4.69, 9.17) is 18.9 Å². The Kier molecular flexibility index (Phi) is 4.26. The van der Waals surface area contributed by atoms with E-state index in [1.165, 1.54) is 13.0 Å². The molecule has 0 bridgehead atoms. The second-order valence-corrected chi connectivity index (χ2v) is 6.70. The topological polar surface area (TPSA) is 71.1 Å². The van der Waals surface area contributed by atoms with Crippen LogP contribution in [0, 0.1) is 0 Å². The predicted octanol–water partition coefficient (Wildman–Crippen LogP) is 3.86. The summed E-state index contributed by atoms with van der Waals surface area (Å²) < 4.78 is 22.4. The van der Waals surface area contributed by atoms with Gasteiger partial charge in [0.2, 0.25) is 5.78 Å². The van der Waals surface area contributed by atoms with Gasteiger partial charge in [0, 0.05) is 28.6 Å². The molecule has 0 unspecified atom stereocenters. The standard InChI is InChI=1S/C19H13BrO6/c1-10(21)25-14-2-3-15-16(7-14)26-17(18(15)22)6-11-4-13(20)5-12-8-23-9-24-19(11)12/h2-7H,8-9H2,1H3/b17-6-. The fraction of sp³-hybridized carbons (Fsp3) is 0.158. The quantitative estimate of drug-likeness (QED) is 0.420. The maximum atomic E-state index is 12.6. The number of benzene rings is 2. The van der Waals surface area contributed by atoms with E-state index in [2.05, 4.69) is 15.9 Å². The molecule has 0 aliphatic carbocycles. The minimum Gasteiger partial charge on any atom is -0.467 e. The smallest absolute Gasteiger partial charge is 0.308 e. The second kappa shape index (κ2) is 6.59. The average molecular weight is 417 g/mol. The summed E-state index contributed by atoms with van der Waals surface area (Å²) in [5, 5.41) is 0. The van der Waals surface area contributed by atoms with Crippen molar-refractivity contribution in [3.8, 4) is 17.2 Å². The Morgan fingerprint density at radius 3 is 2.92 bits per heavy atom. The lowest BCUT2D eigenvalue weighted by Gasteiger charge is -2.20. The van der Waals surface area contributed by atoms with E-state index < -0.39 is 5.97 Å². The minimum atomic E-state index is -0.440. The fourth-order valence-corrected chi connectivity index (χ4v) is 3.38. The van der Waals surface area contributed by atoms with Gasteiger partial charge in [0.05, 0.1) is 12.2 Å². The van der Waals surface area contributed by atoms with Crippen LogP contribution in [0.3, 0.4) is 0 Å². The molecule has 4 rings (SSSR count). The summed E-state index contributed by atoms with van der Waals surface area (Å²) in [5.41, 5.74) is 2.02. The Balaban J connectivity index is 1.70. The van der Waals surface area contributed by atoms with Crippen molar-refractivity contribution in [2.45, 2.75) is 13.5 Å². The number of ketones is 1. The van der Waals surface area contributed by atoms with Crippen molar-refractivity contribution in [2.24, 2.45) is 0 Å². The number of halogens is 1. The number of fused-ring (bicyclic) bond motifs is 2. The molecule has 0 spiro atoms. The normalized spacial score (nSPS) is 16.5. The van der Waals surface area contributed by atoms with Crippen molar-refractivity contribution < 1.29 is 28.5 Å². The largest absolute Gasteiger partial charge is 0.467 e. The summed E-state index contributed by atoms with van der Waals surface area (Å²) in [6.45, 7) is 1.90. The van der Waals surface area contributed by atoms with Gasteiger partial charge in [-0.15, -0.1) is 0 Å². The SMILES string of the molecule is CC(=O)Oc1ccc2c(c1)O/C(=C\c1cc(Br)cc3c1OCOC3)C2=O. The van der Waals surface area contributed by atoms with E-state index in [9.17, 15) is 9.59 Å². The number of rotatable bonds is 2. The lowest BCUT2D eigenvalue weighted by atomic mass is 10.1. The van der Waals surface area contributed by atoms with Crippen molar-refractivity contribution in [1.29, 1.82) is 0 Å². The van der Waals surface area contributed by atoms with Crippen molar-refractivity contribution in [1.82, 2.24) is 0 Å². The number of carbonyl (C=O) groups is 2. The zero-order chi connectivity index (χ0) is 18.3.